The van der Waals surface area contributed by atoms with Crippen LogP contribution in [0.5, 0.6) is 0 Å². The van der Waals surface area contributed by atoms with E-state index in [2.05, 4.69) is 37.3 Å². The van der Waals surface area contributed by atoms with E-state index < -0.39 is 0 Å². The average molecular weight is 118 g/mol. The van der Waals surface area contributed by atoms with Crippen LogP contribution in [0.4, 0.5) is 0 Å². The lowest BCUT2D eigenvalue weighted by Gasteiger charge is -2.13. The molecule has 3 heteroatoms. The average Bonchev–Trinajstić information content (AvgIpc) is 1.27. The Morgan fingerprint density at radius 2 is 1.14 bits per heavy atom. The van der Waals surface area contributed by atoms with Crippen LogP contribution in [0.1, 0.15) is 0 Å². The highest BCUT2D eigenvalue weighted by Crippen LogP contribution is 1.70. The summed E-state index contributed by atoms with van der Waals surface area (Å²) in [6.07, 6.45) is 0. The van der Waals surface area contributed by atoms with Crippen molar-refractivity contribution < 1.29 is 0 Å². The topological polar surface area (TPSA) is 6.48 Å². The third-order valence-electron chi connectivity index (χ3n) is 0.566. The largest absolute Gasteiger partial charge is 0.322 e. The van der Waals surface area contributed by atoms with E-state index in [0.717, 1.165) is 0 Å². The van der Waals surface area contributed by atoms with E-state index in [0.29, 0.717) is 0 Å². The molecule has 0 fully saturated rings. The number of nitrogens with zero attached hydrogens (tertiary/aromatic N) is 2. The molecule has 0 unspecified atom stereocenters. The number of rotatable bonds is 2. The van der Waals surface area contributed by atoms with Crippen LogP contribution >= 0.6 is 0 Å². The zero-order valence-electron chi connectivity index (χ0n) is 5.60. The SMILES string of the molecule is CN(C)[SiH2]N(C)C. The van der Waals surface area contributed by atoms with Crippen molar-refractivity contribution in [3.05, 3.63) is 0 Å². The maximum Gasteiger partial charge on any atom is 0.172 e. The third kappa shape index (κ3) is 6.14. The van der Waals surface area contributed by atoms with E-state index in [-0.39, 0.29) is 9.84 Å². The molecule has 0 aliphatic heterocycles. The molecule has 0 rings (SSSR count). The monoisotopic (exact) mass is 118 g/mol. The molecule has 0 radical (unpaired) electrons. The quantitative estimate of drug-likeness (QED) is 0.434. The second-order valence-corrected chi connectivity index (χ2v) is 5.11. The van der Waals surface area contributed by atoms with E-state index in [9.17, 15) is 0 Å². The third-order valence-corrected chi connectivity index (χ3v) is 1.70. The summed E-state index contributed by atoms with van der Waals surface area (Å²) in [5.74, 6) is 0. The molecule has 0 aromatic rings. The fraction of sp³-hybridized carbons (Fsp3) is 1.00. The van der Waals surface area contributed by atoms with Crippen LogP contribution in [0.2, 0.25) is 0 Å². The Morgan fingerprint density at radius 3 is 1.14 bits per heavy atom. The van der Waals surface area contributed by atoms with E-state index in [4.69, 9.17) is 0 Å². The molecular weight excluding hydrogens is 104 g/mol. The number of hydrogen-bond donors (Lipinski definition) is 0. The Labute approximate surface area is 48.1 Å². The number of hydrogen-bond acceptors (Lipinski definition) is 2. The lowest BCUT2D eigenvalue weighted by atomic mass is 11.3. The minimum Gasteiger partial charge on any atom is -0.322 e. The van der Waals surface area contributed by atoms with Crippen molar-refractivity contribution in [3.63, 3.8) is 0 Å². The van der Waals surface area contributed by atoms with Gasteiger partial charge in [-0.05, 0) is 28.2 Å². The van der Waals surface area contributed by atoms with Crippen molar-refractivity contribution in [1.82, 2.24) is 9.13 Å². The summed E-state index contributed by atoms with van der Waals surface area (Å²) in [6, 6.07) is 0. The second kappa shape index (κ2) is 3.18. The van der Waals surface area contributed by atoms with Crippen molar-refractivity contribution >= 4 is 9.84 Å². The Kier molecular flexibility index (Phi) is 3.24. The summed E-state index contributed by atoms with van der Waals surface area (Å²) >= 11 is 0. The fourth-order valence-electron chi connectivity index (χ4n) is 0.566. The van der Waals surface area contributed by atoms with Crippen LogP contribution in [-0.4, -0.2) is 47.2 Å². The molecule has 0 amide bonds. The van der Waals surface area contributed by atoms with Gasteiger partial charge in [0.1, 0.15) is 0 Å². The molecule has 44 valence electrons. The van der Waals surface area contributed by atoms with Crippen molar-refractivity contribution in [2.45, 2.75) is 0 Å². The predicted octanol–water partition coefficient (Wildman–Crippen LogP) is -0.892. The van der Waals surface area contributed by atoms with Gasteiger partial charge >= 0.3 is 0 Å². The zero-order valence-corrected chi connectivity index (χ0v) is 7.02. The molecule has 0 aliphatic carbocycles. The van der Waals surface area contributed by atoms with E-state index in [1.54, 1.807) is 0 Å². The Hall–Kier alpha value is 0.137. The van der Waals surface area contributed by atoms with Crippen LogP contribution in [0, 0.1) is 0 Å². The van der Waals surface area contributed by atoms with Gasteiger partial charge in [0.15, 0.2) is 9.84 Å². The molecule has 0 heterocycles. The molecule has 0 spiro atoms. The van der Waals surface area contributed by atoms with Gasteiger partial charge in [-0.25, -0.2) is 0 Å². The van der Waals surface area contributed by atoms with Crippen LogP contribution in [0.3, 0.4) is 0 Å². The van der Waals surface area contributed by atoms with Crippen LogP contribution in [-0.2, 0) is 0 Å². The van der Waals surface area contributed by atoms with Gasteiger partial charge in [-0.1, -0.05) is 0 Å². The molecule has 0 aromatic heterocycles. The molecule has 0 bridgehead atoms. The van der Waals surface area contributed by atoms with Crippen LogP contribution in [0.15, 0.2) is 0 Å². The Morgan fingerprint density at radius 1 is 0.857 bits per heavy atom. The molecule has 0 saturated heterocycles. The van der Waals surface area contributed by atoms with Crippen molar-refractivity contribution in [1.29, 1.82) is 0 Å². The van der Waals surface area contributed by atoms with E-state index >= 15 is 0 Å². The summed E-state index contributed by atoms with van der Waals surface area (Å²) in [5, 5.41) is 0. The van der Waals surface area contributed by atoms with Crippen LogP contribution in [0.25, 0.3) is 0 Å². The maximum absolute atomic E-state index is 2.26. The molecule has 0 saturated carbocycles. The summed E-state index contributed by atoms with van der Waals surface area (Å²) in [5.41, 5.74) is 0. The molecular formula is C4H14N2Si. The van der Waals surface area contributed by atoms with Gasteiger partial charge in [-0.15, -0.1) is 0 Å². The van der Waals surface area contributed by atoms with Crippen molar-refractivity contribution in [3.8, 4) is 0 Å². The van der Waals surface area contributed by atoms with Gasteiger partial charge in [0, 0.05) is 0 Å². The van der Waals surface area contributed by atoms with Gasteiger partial charge in [-0.3, -0.25) is 0 Å². The first-order valence-corrected chi connectivity index (χ1v) is 3.69. The second-order valence-electron chi connectivity index (χ2n) is 2.30. The molecule has 0 N–H and O–H groups in total. The minimum absolute atomic E-state index is 0.0525. The van der Waals surface area contributed by atoms with Gasteiger partial charge in [0.25, 0.3) is 0 Å². The van der Waals surface area contributed by atoms with Crippen molar-refractivity contribution in [2.24, 2.45) is 0 Å². The van der Waals surface area contributed by atoms with Gasteiger partial charge in [0.2, 0.25) is 0 Å². The highest BCUT2D eigenvalue weighted by Gasteiger charge is 1.89. The Balaban J connectivity index is 2.95. The molecule has 7 heavy (non-hydrogen) atoms. The lowest BCUT2D eigenvalue weighted by Crippen LogP contribution is -2.31. The normalized spacial score (nSPS) is 11.1. The zero-order chi connectivity index (χ0) is 5.86. The summed E-state index contributed by atoms with van der Waals surface area (Å²) < 4.78 is 4.53. The maximum atomic E-state index is 2.26. The molecule has 2 nitrogen and oxygen atoms in total. The van der Waals surface area contributed by atoms with Gasteiger partial charge in [-0.2, -0.15) is 0 Å². The lowest BCUT2D eigenvalue weighted by molar-refractivity contribution is 0.549. The standard InChI is InChI=1S/C4H14N2Si/c1-5(2)7-6(3)4/h7H2,1-4H3. The highest BCUT2D eigenvalue weighted by atomic mass is 28.2. The van der Waals surface area contributed by atoms with E-state index in [1.165, 1.54) is 0 Å². The summed E-state index contributed by atoms with van der Waals surface area (Å²) in [6.45, 7) is 0. The highest BCUT2D eigenvalue weighted by molar-refractivity contribution is 6.27. The minimum atomic E-state index is -0.0525. The first kappa shape index (κ1) is 7.14. The molecule has 0 atom stereocenters. The van der Waals surface area contributed by atoms with Crippen molar-refractivity contribution in [2.75, 3.05) is 28.2 Å². The van der Waals surface area contributed by atoms with E-state index in [1.807, 2.05) is 0 Å². The molecule has 0 aromatic carbocycles. The smallest absolute Gasteiger partial charge is 0.172 e. The fourth-order valence-corrected chi connectivity index (χ4v) is 1.70. The first-order chi connectivity index (χ1) is 3.13. The molecule has 0 aliphatic rings. The van der Waals surface area contributed by atoms with Gasteiger partial charge < -0.3 is 9.13 Å². The van der Waals surface area contributed by atoms with Gasteiger partial charge in [0.05, 0.1) is 0 Å². The summed E-state index contributed by atoms with van der Waals surface area (Å²) in [4.78, 5) is 0. The summed E-state index contributed by atoms with van der Waals surface area (Å²) in [7, 11) is 8.42. The predicted molar refractivity (Wildman–Crippen MR) is 35.9 cm³/mol. The Bertz CT molecular complexity index is 39.0. The van der Waals surface area contributed by atoms with Crippen LogP contribution < -0.4 is 0 Å². The first-order valence-electron chi connectivity index (χ1n) is 2.42.